The Labute approximate surface area is 200 Å². The number of aliphatic hydroxyl groups excluding tert-OH is 1. The van der Waals surface area contributed by atoms with E-state index in [0.717, 1.165) is 5.56 Å². The lowest BCUT2D eigenvalue weighted by Gasteiger charge is -2.20. The van der Waals surface area contributed by atoms with Gasteiger partial charge in [-0.3, -0.25) is 4.79 Å². The number of carbonyl (C=O) groups is 1. The van der Waals surface area contributed by atoms with Gasteiger partial charge in [0.2, 0.25) is 11.9 Å². The first-order valence-corrected chi connectivity index (χ1v) is 12.2. The van der Waals surface area contributed by atoms with E-state index in [2.05, 4.69) is 14.8 Å². The predicted octanol–water partition coefficient (Wildman–Crippen LogP) is 1.97. The Balaban J connectivity index is 1.73. The molecule has 1 aliphatic heterocycles. The van der Waals surface area contributed by atoms with Gasteiger partial charge in [0, 0.05) is 22.4 Å². The van der Waals surface area contributed by atoms with Crippen LogP contribution in [-0.4, -0.2) is 54.3 Å². The van der Waals surface area contributed by atoms with Gasteiger partial charge in [0.25, 0.3) is 10.0 Å². The zero-order valence-corrected chi connectivity index (χ0v) is 19.8. The summed E-state index contributed by atoms with van der Waals surface area (Å²) in [6.07, 6.45) is -1.11. The number of aliphatic imine (C=N–C) groups is 1. The molecule has 1 amide bonds. The Kier molecular flexibility index (Phi) is 6.12. The standard InChI is InChI=1S/C21H21Cl2N5O4S/c1-12-11-28(26-18(12)13-2-4-14(22)5-3-13)20(25-21(19(24)30)10-17(21)29)27-33(31,32)16-8-6-15(23)7-9-16/h2-9,12,17,29H,10-11H2,1H3,(H2,24,30)(H,25,27)/t12-,17?,21?/m1/s1. The van der Waals surface area contributed by atoms with Crippen molar-refractivity contribution in [3.05, 3.63) is 64.1 Å². The summed E-state index contributed by atoms with van der Waals surface area (Å²) >= 11 is 11.8. The van der Waals surface area contributed by atoms with Crippen molar-refractivity contribution in [2.24, 2.45) is 21.7 Å². The Morgan fingerprint density at radius 2 is 1.73 bits per heavy atom. The maximum Gasteiger partial charge on any atom is 0.264 e. The van der Waals surface area contributed by atoms with Crippen LogP contribution in [0.25, 0.3) is 0 Å². The van der Waals surface area contributed by atoms with Crippen LogP contribution in [0.1, 0.15) is 18.9 Å². The van der Waals surface area contributed by atoms with Gasteiger partial charge in [-0.1, -0.05) is 42.3 Å². The number of nitrogens with one attached hydrogen (secondary N) is 1. The smallest absolute Gasteiger partial charge is 0.264 e. The Morgan fingerprint density at radius 3 is 2.24 bits per heavy atom. The van der Waals surface area contributed by atoms with Gasteiger partial charge >= 0.3 is 0 Å². The monoisotopic (exact) mass is 509 g/mol. The highest BCUT2D eigenvalue weighted by Crippen LogP contribution is 2.40. The number of rotatable bonds is 5. The summed E-state index contributed by atoms with van der Waals surface area (Å²) in [5, 5.41) is 16.9. The van der Waals surface area contributed by atoms with Gasteiger partial charge in [-0.15, -0.1) is 0 Å². The van der Waals surface area contributed by atoms with Crippen molar-refractivity contribution < 1.29 is 18.3 Å². The van der Waals surface area contributed by atoms with Crippen LogP contribution < -0.4 is 10.5 Å². The fraction of sp³-hybridized carbons (Fsp3) is 0.286. The van der Waals surface area contributed by atoms with Gasteiger partial charge in [0.15, 0.2) is 5.54 Å². The molecule has 1 heterocycles. The second-order valence-corrected chi connectivity index (χ2v) is 10.5. The van der Waals surface area contributed by atoms with Crippen LogP contribution in [0.3, 0.4) is 0 Å². The molecule has 4 rings (SSSR count). The number of benzene rings is 2. The molecule has 33 heavy (non-hydrogen) atoms. The quantitative estimate of drug-likeness (QED) is 0.417. The summed E-state index contributed by atoms with van der Waals surface area (Å²) in [5.74, 6) is -1.16. The largest absolute Gasteiger partial charge is 0.390 e. The van der Waals surface area contributed by atoms with Gasteiger partial charge in [-0.25, -0.2) is 23.1 Å². The molecule has 1 saturated carbocycles. The maximum absolute atomic E-state index is 13.0. The fourth-order valence-electron chi connectivity index (χ4n) is 3.50. The van der Waals surface area contributed by atoms with Crippen LogP contribution in [0, 0.1) is 5.92 Å². The molecule has 0 saturated heterocycles. The Bertz CT molecular complexity index is 1250. The summed E-state index contributed by atoms with van der Waals surface area (Å²) < 4.78 is 28.5. The molecule has 1 aliphatic carbocycles. The second-order valence-electron chi connectivity index (χ2n) is 7.98. The average molecular weight is 510 g/mol. The van der Waals surface area contributed by atoms with Gasteiger partial charge in [-0.2, -0.15) is 5.10 Å². The van der Waals surface area contributed by atoms with E-state index >= 15 is 0 Å². The number of hydrazone groups is 1. The SMILES string of the molecule is C[C@@H]1CN(C(=NC2(C(N)=O)CC2O)NS(=O)(=O)c2ccc(Cl)cc2)N=C1c1ccc(Cl)cc1. The minimum Gasteiger partial charge on any atom is -0.390 e. The molecule has 4 N–H and O–H groups in total. The van der Waals surface area contributed by atoms with Crippen LogP contribution in [0.5, 0.6) is 0 Å². The number of nitrogens with two attached hydrogens (primary N) is 1. The third-order valence-electron chi connectivity index (χ3n) is 5.50. The first-order valence-electron chi connectivity index (χ1n) is 10.00. The Hall–Kier alpha value is -2.66. The first kappa shape index (κ1) is 23.5. The van der Waals surface area contributed by atoms with Crippen LogP contribution in [-0.2, 0) is 14.8 Å². The maximum atomic E-state index is 13.0. The molecule has 2 aromatic carbocycles. The zero-order chi connectivity index (χ0) is 24.0. The highest BCUT2D eigenvalue weighted by molar-refractivity contribution is 7.90. The van der Waals surface area contributed by atoms with Crippen LogP contribution in [0.4, 0.5) is 0 Å². The van der Waals surface area contributed by atoms with Crippen molar-refractivity contribution in [3.8, 4) is 0 Å². The van der Waals surface area contributed by atoms with Gasteiger partial charge in [0.05, 0.1) is 23.3 Å². The number of carbonyl (C=O) groups excluding carboxylic acids is 1. The summed E-state index contributed by atoms with van der Waals surface area (Å²) in [5.41, 5.74) is 5.35. The van der Waals surface area contributed by atoms with Gasteiger partial charge in [-0.05, 0) is 42.0 Å². The van der Waals surface area contributed by atoms with E-state index in [1.807, 2.05) is 19.1 Å². The average Bonchev–Trinajstić information content (AvgIpc) is 3.25. The zero-order valence-electron chi connectivity index (χ0n) is 17.4. The van der Waals surface area contributed by atoms with Crippen molar-refractivity contribution in [3.63, 3.8) is 0 Å². The van der Waals surface area contributed by atoms with Gasteiger partial charge < -0.3 is 10.8 Å². The molecule has 0 spiro atoms. The molecule has 1 fully saturated rings. The molecule has 0 bridgehead atoms. The number of hydrogen-bond acceptors (Lipinski definition) is 6. The second kappa shape index (κ2) is 8.60. The van der Waals surface area contributed by atoms with Gasteiger partial charge in [0.1, 0.15) is 0 Å². The lowest BCUT2D eigenvalue weighted by atomic mass is 10.00. The molecule has 2 aromatic rings. The predicted molar refractivity (Wildman–Crippen MR) is 126 cm³/mol. The lowest BCUT2D eigenvalue weighted by Crippen LogP contribution is -2.44. The number of guanidine groups is 1. The van der Waals surface area contributed by atoms with E-state index in [1.54, 1.807) is 12.1 Å². The lowest BCUT2D eigenvalue weighted by molar-refractivity contribution is -0.120. The number of primary amides is 1. The molecule has 3 atom stereocenters. The van der Waals surface area contributed by atoms with Crippen molar-refractivity contribution >= 4 is 50.8 Å². The van der Waals surface area contributed by atoms with E-state index in [-0.39, 0.29) is 29.7 Å². The minimum atomic E-state index is -4.11. The molecule has 174 valence electrons. The highest BCUT2D eigenvalue weighted by atomic mass is 35.5. The van der Waals surface area contributed by atoms with E-state index in [9.17, 15) is 18.3 Å². The summed E-state index contributed by atoms with van der Waals surface area (Å²) in [7, 11) is -4.11. The summed E-state index contributed by atoms with van der Waals surface area (Å²) in [4.78, 5) is 16.2. The topological polar surface area (TPSA) is 137 Å². The number of nitrogens with zero attached hydrogens (tertiary/aromatic N) is 3. The summed E-state index contributed by atoms with van der Waals surface area (Å²) in [6.45, 7) is 2.21. The normalized spacial score (nSPS) is 25.0. The molecule has 9 nitrogen and oxygen atoms in total. The highest BCUT2D eigenvalue weighted by Gasteiger charge is 2.60. The van der Waals surface area contributed by atoms with E-state index in [0.29, 0.717) is 15.8 Å². The number of aliphatic hydroxyl groups is 1. The fourth-order valence-corrected chi connectivity index (χ4v) is 4.76. The van der Waals surface area contributed by atoms with E-state index in [4.69, 9.17) is 28.9 Å². The van der Waals surface area contributed by atoms with E-state index < -0.39 is 27.6 Å². The Morgan fingerprint density at radius 1 is 1.18 bits per heavy atom. The van der Waals surface area contributed by atoms with Crippen molar-refractivity contribution in [1.29, 1.82) is 0 Å². The first-order chi connectivity index (χ1) is 15.5. The molecule has 2 aliphatic rings. The van der Waals surface area contributed by atoms with Crippen molar-refractivity contribution in [2.75, 3.05) is 6.54 Å². The molecule has 12 heteroatoms. The molecule has 0 aromatic heterocycles. The van der Waals surface area contributed by atoms with E-state index in [1.165, 1.54) is 29.3 Å². The third kappa shape index (κ3) is 4.70. The number of amides is 1. The van der Waals surface area contributed by atoms with Crippen LogP contribution >= 0.6 is 23.2 Å². The van der Waals surface area contributed by atoms with Crippen molar-refractivity contribution in [2.45, 2.75) is 29.9 Å². The number of hydrogen-bond donors (Lipinski definition) is 3. The molecule has 0 radical (unpaired) electrons. The summed E-state index contributed by atoms with van der Waals surface area (Å²) in [6, 6.07) is 12.6. The third-order valence-corrected chi connectivity index (χ3v) is 7.35. The minimum absolute atomic E-state index is 0.00828. The molecular formula is C21H21Cl2N5O4S. The number of sulfonamides is 1. The number of halogens is 2. The van der Waals surface area contributed by atoms with Crippen LogP contribution in [0.15, 0.2) is 63.5 Å². The molecular weight excluding hydrogens is 489 g/mol. The van der Waals surface area contributed by atoms with Crippen LogP contribution in [0.2, 0.25) is 10.0 Å². The molecule has 2 unspecified atom stereocenters. The van der Waals surface area contributed by atoms with Crippen molar-refractivity contribution in [1.82, 2.24) is 9.73 Å².